The fourth-order valence-electron chi connectivity index (χ4n) is 2.04. The highest BCUT2D eigenvalue weighted by molar-refractivity contribution is 5.56. The molecule has 19 heavy (non-hydrogen) atoms. The van der Waals surface area contributed by atoms with Crippen LogP contribution in [0.3, 0.4) is 0 Å². The third-order valence-corrected chi connectivity index (χ3v) is 3.02. The molecule has 5 heteroatoms. The smallest absolute Gasteiger partial charge is 0.144 e. The number of hydrogen-bond donors (Lipinski definition) is 1. The van der Waals surface area contributed by atoms with Gasteiger partial charge in [0.15, 0.2) is 0 Å². The number of hydrogen-bond acceptors (Lipinski definition) is 4. The van der Waals surface area contributed by atoms with Crippen LogP contribution in [0.4, 0.5) is 5.82 Å². The van der Waals surface area contributed by atoms with Crippen molar-refractivity contribution in [1.82, 2.24) is 14.5 Å². The molecule has 0 aromatic carbocycles. The molecule has 0 atom stereocenters. The molecule has 2 heterocycles. The van der Waals surface area contributed by atoms with E-state index in [1.165, 1.54) is 0 Å². The summed E-state index contributed by atoms with van der Waals surface area (Å²) in [5, 5.41) is 12.4. The van der Waals surface area contributed by atoms with Gasteiger partial charge in [-0.05, 0) is 25.5 Å². The van der Waals surface area contributed by atoms with Crippen molar-refractivity contribution in [3.63, 3.8) is 0 Å². The summed E-state index contributed by atoms with van der Waals surface area (Å²) >= 11 is 0. The lowest BCUT2D eigenvalue weighted by Crippen LogP contribution is -2.11. The first-order chi connectivity index (χ1) is 9.11. The minimum Gasteiger partial charge on any atom is -0.369 e. The number of aryl methyl sites for hydroxylation is 3. The average molecular weight is 255 g/mol. The maximum absolute atomic E-state index is 9.17. The first-order valence-corrected chi connectivity index (χ1v) is 6.20. The van der Waals surface area contributed by atoms with Gasteiger partial charge in [-0.1, -0.05) is 0 Å². The van der Waals surface area contributed by atoms with E-state index in [4.69, 9.17) is 0 Å². The van der Waals surface area contributed by atoms with Crippen molar-refractivity contribution in [3.05, 3.63) is 41.1 Å². The van der Waals surface area contributed by atoms with Crippen molar-refractivity contribution in [2.75, 3.05) is 11.9 Å². The lowest BCUT2D eigenvalue weighted by atomic mass is 10.1. The maximum Gasteiger partial charge on any atom is 0.144 e. The molecule has 0 aliphatic carbocycles. The lowest BCUT2D eigenvalue weighted by Gasteiger charge is -2.10. The highest BCUT2D eigenvalue weighted by Gasteiger charge is 2.08. The molecule has 0 bridgehead atoms. The van der Waals surface area contributed by atoms with Crippen LogP contribution in [-0.2, 0) is 13.5 Å². The Morgan fingerprint density at radius 1 is 1.42 bits per heavy atom. The zero-order chi connectivity index (χ0) is 13.8. The molecule has 2 rings (SSSR count). The van der Waals surface area contributed by atoms with Crippen molar-refractivity contribution < 1.29 is 0 Å². The van der Waals surface area contributed by atoms with Crippen molar-refractivity contribution in [1.29, 1.82) is 5.26 Å². The van der Waals surface area contributed by atoms with Crippen LogP contribution in [0.15, 0.2) is 18.5 Å². The molecular formula is C14H17N5. The molecule has 0 saturated heterocycles. The number of pyridine rings is 1. The minimum absolute atomic E-state index is 0.616. The number of nitriles is 1. The minimum atomic E-state index is 0.616. The van der Waals surface area contributed by atoms with Gasteiger partial charge in [-0.3, -0.25) is 0 Å². The predicted octanol–water partition coefficient (Wildman–Crippen LogP) is 1.96. The molecule has 5 nitrogen and oxygen atoms in total. The summed E-state index contributed by atoms with van der Waals surface area (Å²) in [4.78, 5) is 8.65. The maximum atomic E-state index is 9.17. The second kappa shape index (κ2) is 5.53. The Bertz CT molecular complexity index is 621. The normalized spacial score (nSPS) is 10.2. The standard InChI is InChI=1S/C14H17N5/c1-10-8-11(2)18-14(12(10)9-15)17-5-4-13-16-6-7-19(13)3/h6-8H,4-5H2,1-3H3,(H,17,18). The number of aromatic nitrogens is 3. The molecule has 0 aliphatic rings. The van der Waals surface area contributed by atoms with Crippen LogP contribution in [-0.4, -0.2) is 21.1 Å². The Morgan fingerprint density at radius 2 is 2.21 bits per heavy atom. The Balaban J connectivity index is 2.08. The van der Waals surface area contributed by atoms with Crippen molar-refractivity contribution in [3.8, 4) is 6.07 Å². The largest absolute Gasteiger partial charge is 0.369 e. The van der Waals surface area contributed by atoms with Gasteiger partial charge >= 0.3 is 0 Å². The molecule has 98 valence electrons. The number of anilines is 1. The second-order valence-corrected chi connectivity index (χ2v) is 4.55. The molecular weight excluding hydrogens is 238 g/mol. The molecule has 0 fully saturated rings. The van der Waals surface area contributed by atoms with E-state index in [1.54, 1.807) is 6.20 Å². The summed E-state index contributed by atoms with van der Waals surface area (Å²) in [5.41, 5.74) is 2.48. The third-order valence-electron chi connectivity index (χ3n) is 3.02. The van der Waals surface area contributed by atoms with Gasteiger partial charge in [-0.2, -0.15) is 5.26 Å². The molecule has 0 radical (unpaired) electrons. The van der Waals surface area contributed by atoms with Gasteiger partial charge in [-0.25, -0.2) is 9.97 Å². The summed E-state index contributed by atoms with van der Waals surface area (Å²) in [5.74, 6) is 1.67. The quantitative estimate of drug-likeness (QED) is 0.907. The van der Waals surface area contributed by atoms with Crippen LogP contribution in [0.1, 0.15) is 22.6 Å². The fourth-order valence-corrected chi connectivity index (χ4v) is 2.04. The zero-order valence-electron chi connectivity index (χ0n) is 11.4. The van der Waals surface area contributed by atoms with E-state index < -0.39 is 0 Å². The summed E-state index contributed by atoms with van der Waals surface area (Å²) in [7, 11) is 1.97. The van der Waals surface area contributed by atoms with Crippen LogP contribution in [0.25, 0.3) is 0 Å². The van der Waals surface area contributed by atoms with Gasteiger partial charge < -0.3 is 9.88 Å². The summed E-state index contributed by atoms with van der Waals surface area (Å²) < 4.78 is 1.99. The predicted molar refractivity (Wildman–Crippen MR) is 73.8 cm³/mol. The molecule has 2 aromatic heterocycles. The van der Waals surface area contributed by atoms with E-state index in [1.807, 2.05) is 37.7 Å². The Morgan fingerprint density at radius 3 is 2.84 bits per heavy atom. The molecule has 0 aliphatic heterocycles. The Labute approximate surface area is 112 Å². The fraction of sp³-hybridized carbons (Fsp3) is 0.357. The summed E-state index contributed by atoms with van der Waals surface area (Å²) in [6, 6.07) is 4.12. The molecule has 0 amide bonds. The van der Waals surface area contributed by atoms with Crippen LogP contribution in [0.5, 0.6) is 0 Å². The average Bonchev–Trinajstić information content (AvgIpc) is 2.75. The highest BCUT2D eigenvalue weighted by Crippen LogP contribution is 2.17. The van der Waals surface area contributed by atoms with Gasteiger partial charge in [-0.15, -0.1) is 0 Å². The molecule has 0 spiro atoms. The zero-order valence-corrected chi connectivity index (χ0v) is 11.4. The van der Waals surface area contributed by atoms with Crippen LogP contribution in [0, 0.1) is 25.2 Å². The topological polar surface area (TPSA) is 66.5 Å². The van der Waals surface area contributed by atoms with E-state index in [9.17, 15) is 5.26 Å². The molecule has 0 unspecified atom stereocenters. The van der Waals surface area contributed by atoms with Crippen molar-refractivity contribution in [2.45, 2.75) is 20.3 Å². The van der Waals surface area contributed by atoms with Gasteiger partial charge in [0.25, 0.3) is 0 Å². The SMILES string of the molecule is Cc1cc(C)c(C#N)c(NCCc2nccn2C)n1. The molecule has 0 saturated carbocycles. The van der Waals surface area contributed by atoms with Crippen LogP contribution in [0.2, 0.25) is 0 Å². The Hall–Kier alpha value is -2.35. The number of nitrogens with one attached hydrogen (secondary N) is 1. The molecule has 1 N–H and O–H groups in total. The highest BCUT2D eigenvalue weighted by atomic mass is 15.0. The van der Waals surface area contributed by atoms with E-state index >= 15 is 0 Å². The Kier molecular flexibility index (Phi) is 3.81. The van der Waals surface area contributed by atoms with E-state index in [0.29, 0.717) is 17.9 Å². The first kappa shape index (κ1) is 13.1. The van der Waals surface area contributed by atoms with E-state index in [2.05, 4.69) is 21.4 Å². The first-order valence-electron chi connectivity index (χ1n) is 6.20. The number of nitrogens with zero attached hydrogens (tertiary/aromatic N) is 4. The second-order valence-electron chi connectivity index (χ2n) is 4.55. The van der Waals surface area contributed by atoms with Gasteiger partial charge in [0, 0.05) is 38.1 Å². The van der Waals surface area contributed by atoms with Gasteiger partial charge in [0.05, 0.1) is 5.56 Å². The lowest BCUT2D eigenvalue weighted by molar-refractivity contribution is 0.788. The molecule has 2 aromatic rings. The van der Waals surface area contributed by atoms with E-state index in [-0.39, 0.29) is 0 Å². The van der Waals surface area contributed by atoms with Crippen LogP contribution < -0.4 is 5.32 Å². The van der Waals surface area contributed by atoms with Crippen LogP contribution >= 0.6 is 0 Å². The number of imidazole rings is 1. The van der Waals surface area contributed by atoms with Crippen molar-refractivity contribution >= 4 is 5.82 Å². The third kappa shape index (κ3) is 2.91. The van der Waals surface area contributed by atoms with Gasteiger partial charge in [0.2, 0.25) is 0 Å². The van der Waals surface area contributed by atoms with Crippen molar-refractivity contribution in [2.24, 2.45) is 7.05 Å². The monoisotopic (exact) mass is 255 g/mol. The van der Waals surface area contributed by atoms with E-state index in [0.717, 1.165) is 23.5 Å². The summed E-state index contributed by atoms with van der Waals surface area (Å²) in [6.07, 6.45) is 4.50. The number of rotatable bonds is 4. The van der Waals surface area contributed by atoms with Gasteiger partial charge in [0.1, 0.15) is 17.7 Å². The summed E-state index contributed by atoms with van der Waals surface area (Å²) in [6.45, 7) is 4.56.